The zero-order chi connectivity index (χ0) is 17.6. The predicted molar refractivity (Wildman–Crippen MR) is 100 cm³/mol. The first-order chi connectivity index (χ1) is 12.1. The lowest BCUT2D eigenvalue weighted by Crippen LogP contribution is -2.15. The quantitative estimate of drug-likeness (QED) is 0.625. The summed E-state index contributed by atoms with van der Waals surface area (Å²) < 4.78 is 0. The fourth-order valence-electron chi connectivity index (χ4n) is 2.21. The summed E-state index contributed by atoms with van der Waals surface area (Å²) in [4.78, 5) is 13.0. The molecule has 0 saturated carbocycles. The van der Waals surface area contributed by atoms with Crippen LogP contribution in [0.15, 0.2) is 54.9 Å². The summed E-state index contributed by atoms with van der Waals surface area (Å²) in [6.07, 6.45) is 2.95. The SMILES string of the molecule is CC(O)CNc1cc(-c2ccnc(Nc3cccc(Cl)c3)n2)ccn1. The Morgan fingerprint density at radius 2 is 1.96 bits per heavy atom. The third kappa shape index (κ3) is 4.89. The van der Waals surface area contributed by atoms with Gasteiger partial charge < -0.3 is 15.7 Å². The third-order valence-electron chi connectivity index (χ3n) is 3.37. The summed E-state index contributed by atoms with van der Waals surface area (Å²) >= 11 is 6.00. The van der Waals surface area contributed by atoms with E-state index in [1.54, 1.807) is 19.3 Å². The number of pyridine rings is 1. The second kappa shape index (κ2) is 7.92. The maximum Gasteiger partial charge on any atom is 0.227 e. The summed E-state index contributed by atoms with van der Waals surface area (Å²) in [6.45, 7) is 2.15. The molecule has 0 spiro atoms. The number of aromatic nitrogens is 3. The van der Waals surface area contributed by atoms with Gasteiger partial charge in [0.2, 0.25) is 5.95 Å². The number of hydrogen-bond acceptors (Lipinski definition) is 6. The third-order valence-corrected chi connectivity index (χ3v) is 3.61. The average Bonchev–Trinajstić information content (AvgIpc) is 2.60. The number of hydrogen-bond donors (Lipinski definition) is 3. The van der Waals surface area contributed by atoms with E-state index in [1.165, 1.54) is 0 Å². The van der Waals surface area contributed by atoms with E-state index in [9.17, 15) is 5.11 Å². The van der Waals surface area contributed by atoms with Crippen LogP contribution in [0.4, 0.5) is 17.5 Å². The van der Waals surface area contributed by atoms with Gasteiger partial charge in [0.05, 0.1) is 11.8 Å². The smallest absolute Gasteiger partial charge is 0.227 e. The van der Waals surface area contributed by atoms with Crippen molar-refractivity contribution in [3.63, 3.8) is 0 Å². The zero-order valence-corrected chi connectivity index (χ0v) is 14.4. The average molecular weight is 356 g/mol. The van der Waals surface area contributed by atoms with Crippen molar-refractivity contribution in [2.45, 2.75) is 13.0 Å². The van der Waals surface area contributed by atoms with Gasteiger partial charge in [-0.3, -0.25) is 0 Å². The van der Waals surface area contributed by atoms with Crippen molar-refractivity contribution in [1.82, 2.24) is 15.0 Å². The molecule has 2 aromatic heterocycles. The predicted octanol–water partition coefficient (Wildman–Crippen LogP) is 3.73. The monoisotopic (exact) mass is 355 g/mol. The van der Waals surface area contributed by atoms with E-state index in [1.807, 2.05) is 42.5 Å². The van der Waals surface area contributed by atoms with Gasteiger partial charge >= 0.3 is 0 Å². The minimum atomic E-state index is -0.446. The van der Waals surface area contributed by atoms with Gasteiger partial charge in [0, 0.05) is 35.2 Å². The zero-order valence-electron chi connectivity index (χ0n) is 13.6. The number of rotatable bonds is 6. The molecular formula is C18H18ClN5O. The summed E-state index contributed by atoms with van der Waals surface area (Å²) in [5.74, 6) is 1.16. The molecule has 6 nitrogen and oxygen atoms in total. The Morgan fingerprint density at radius 3 is 2.76 bits per heavy atom. The van der Waals surface area contributed by atoms with E-state index in [0.29, 0.717) is 23.3 Å². The second-order valence-corrected chi connectivity index (χ2v) is 6.00. The molecule has 1 unspecified atom stereocenters. The molecule has 0 amide bonds. The van der Waals surface area contributed by atoms with Crippen LogP contribution in [0, 0.1) is 0 Å². The molecule has 3 aromatic rings. The van der Waals surface area contributed by atoms with Crippen molar-refractivity contribution in [1.29, 1.82) is 0 Å². The van der Waals surface area contributed by atoms with Crippen molar-refractivity contribution >= 4 is 29.1 Å². The van der Waals surface area contributed by atoms with Gasteiger partial charge in [-0.25, -0.2) is 15.0 Å². The largest absolute Gasteiger partial charge is 0.392 e. The van der Waals surface area contributed by atoms with Gasteiger partial charge in [-0.15, -0.1) is 0 Å². The molecule has 3 rings (SSSR count). The first kappa shape index (κ1) is 17.1. The lowest BCUT2D eigenvalue weighted by Gasteiger charge is -2.10. The minimum absolute atomic E-state index is 0.432. The molecule has 0 aliphatic heterocycles. The fraction of sp³-hybridized carbons (Fsp3) is 0.167. The highest BCUT2D eigenvalue weighted by molar-refractivity contribution is 6.30. The molecular weight excluding hydrogens is 338 g/mol. The molecule has 0 saturated heterocycles. The Morgan fingerprint density at radius 1 is 1.12 bits per heavy atom. The second-order valence-electron chi connectivity index (χ2n) is 5.56. The van der Waals surface area contributed by atoms with Crippen LogP contribution in [0.3, 0.4) is 0 Å². The van der Waals surface area contributed by atoms with E-state index in [2.05, 4.69) is 25.6 Å². The van der Waals surface area contributed by atoms with Crippen molar-refractivity contribution in [3.8, 4) is 11.3 Å². The van der Waals surface area contributed by atoms with Crippen LogP contribution in [0.5, 0.6) is 0 Å². The van der Waals surface area contributed by atoms with Crippen LogP contribution >= 0.6 is 11.6 Å². The topological polar surface area (TPSA) is 83.0 Å². The van der Waals surface area contributed by atoms with Crippen molar-refractivity contribution in [2.75, 3.05) is 17.2 Å². The van der Waals surface area contributed by atoms with E-state index < -0.39 is 6.10 Å². The van der Waals surface area contributed by atoms with Crippen LogP contribution in [0.1, 0.15) is 6.92 Å². The Hall–Kier alpha value is -2.70. The number of aliphatic hydroxyl groups excluding tert-OH is 1. The maximum atomic E-state index is 9.37. The van der Waals surface area contributed by atoms with Crippen LogP contribution in [0.2, 0.25) is 5.02 Å². The Bertz CT molecular complexity index is 856. The Kier molecular flexibility index (Phi) is 5.42. The summed E-state index contributed by atoms with van der Waals surface area (Å²) in [5.41, 5.74) is 2.49. The highest BCUT2D eigenvalue weighted by atomic mass is 35.5. The number of nitrogens with zero attached hydrogens (tertiary/aromatic N) is 3. The van der Waals surface area contributed by atoms with E-state index in [0.717, 1.165) is 16.9 Å². The number of halogens is 1. The van der Waals surface area contributed by atoms with E-state index in [4.69, 9.17) is 11.6 Å². The number of nitrogens with one attached hydrogen (secondary N) is 2. The molecule has 25 heavy (non-hydrogen) atoms. The van der Waals surface area contributed by atoms with Gasteiger partial charge in [-0.05, 0) is 43.3 Å². The van der Waals surface area contributed by atoms with Crippen LogP contribution in [0.25, 0.3) is 11.3 Å². The first-order valence-electron chi connectivity index (χ1n) is 7.84. The number of benzene rings is 1. The number of anilines is 3. The van der Waals surface area contributed by atoms with Crippen LogP contribution < -0.4 is 10.6 Å². The van der Waals surface area contributed by atoms with Crippen LogP contribution in [-0.4, -0.2) is 32.7 Å². The van der Waals surface area contributed by atoms with Crippen molar-refractivity contribution < 1.29 is 5.11 Å². The van der Waals surface area contributed by atoms with Crippen molar-refractivity contribution in [2.24, 2.45) is 0 Å². The fourth-order valence-corrected chi connectivity index (χ4v) is 2.40. The minimum Gasteiger partial charge on any atom is -0.392 e. The lowest BCUT2D eigenvalue weighted by molar-refractivity contribution is 0.208. The van der Waals surface area contributed by atoms with Crippen molar-refractivity contribution in [3.05, 3.63) is 59.9 Å². The van der Waals surface area contributed by atoms with Gasteiger partial charge in [-0.1, -0.05) is 17.7 Å². The molecule has 1 atom stereocenters. The first-order valence-corrected chi connectivity index (χ1v) is 8.22. The molecule has 0 aliphatic rings. The van der Waals surface area contributed by atoms with Gasteiger partial charge in [0.1, 0.15) is 5.82 Å². The molecule has 7 heteroatoms. The van der Waals surface area contributed by atoms with Crippen LogP contribution in [-0.2, 0) is 0 Å². The molecule has 0 radical (unpaired) electrons. The highest BCUT2D eigenvalue weighted by Crippen LogP contribution is 2.22. The maximum absolute atomic E-state index is 9.37. The number of aliphatic hydroxyl groups is 1. The van der Waals surface area contributed by atoms with Gasteiger partial charge in [0.15, 0.2) is 0 Å². The molecule has 1 aromatic carbocycles. The van der Waals surface area contributed by atoms with Gasteiger partial charge in [0.25, 0.3) is 0 Å². The molecule has 3 N–H and O–H groups in total. The van der Waals surface area contributed by atoms with E-state index in [-0.39, 0.29) is 0 Å². The summed E-state index contributed by atoms with van der Waals surface area (Å²) in [6, 6.07) is 13.0. The highest BCUT2D eigenvalue weighted by Gasteiger charge is 2.05. The lowest BCUT2D eigenvalue weighted by atomic mass is 10.2. The summed E-state index contributed by atoms with van der Waals surface area (Å²) in [7, 11) is 0. The Labute approximate surface area is 150 Å². The van der Waals surface area contributed by atoms with Gasteiger partial charge in [-0.2, -0.15) is 0 Å². The molecule has 2 heterocycles. The molecule has 128 valence electrons. The van der Waals surface area contributed by atoms with E-state index >= 15 is 0 Å². The Balaban J connectivity index is 1.80. The molecule has 0 aliphatic carbocycles. The molecule has 0 fully saturated rings. The summed E-state index contributed by atoms with van der Waals surface area (Å²) in [5, 5.41) is 16.2. The molecule has 0 bridgehead atoms. The standard InChI is InChI=1S/C18H18ClN5O/c1-12(25)11-22-17-9-13(5-7-20-17)16-6-8-21-18(24-16)23-15-4-2-3-14(19)10-15/h2-10,12,25H,11H2,1H3,(H,20,22)(H,21,23,24). The normalized spacial score (nSPS) is 11.8.